The molecule has 1 aliphatic rings. The Morgan fingerprint density at radius 2 is 2.25 bits per heavy atom. The van der Waals surface area contributed by atoms with Crippen molar-refractivity contribution in [1.82, 2.24) is 4.31 Å². The van der Waals surface area contributed by atoms with Crippen LogP contribution in [0.25, 0.3) is 0 Å². The van der Waals surface area contributed by atoms with Crippen molar-refractivity contribution in [1.29, 1.82) is 0 Å². The normalized spacial score (nSPS) is 15.7. The van der Waals surface area contributed by atoms with E-state index in [1.165, 1.54) is 23.2 Å². The molecule has 1 aromatic heterocycles. The van der Waals surface area contributed by atoms with Crippen LogP contribution in [0, 0.1) is 5.92 Å². The van der Waals surface area contributed by atoms with Crippen LogP contribution in [0.5, 0.6) is 0 Å². The van der Waals surface area contributed by atoms with E-state index in [0.717, 1.165) is 17.9 Å². The zero-order chi connectivity index (χ0) is 14.8. The van der Waals surface area contributed by atoms with Crippen LogP contribution in [0.1, 0.15) is 17.7 Å². The third kappa shape index (κ3) is 3.98. The summed E-state index contributed by atoms with van der Waals surface area (Å²) in [7, 11) is -1.93. The van der Waals surface area contributed by atoms with Crippen molar-refractivity contribution < 1.29 is 13.2 Å². The van der Waals surface area contributed by atoms with Crippen molar-refractivity contribution in [2.45, 2.75) is 17.1 Å². The van der Waals surface area contributed by atoms with Gasteiger partial charge in [-0.05, 0) is 30.9 Å². The summed E-state index contributed by atoms with van der Waals surface area (Å²) >= 11 is 5.93. The molecule has 8 heteroatoms. The van der Waals surface area contributed by atoms with E-state index in [9.17, 15) is 8.42 Å². The van der Waals surface area contributed by atoms with Gasteiger partial charge in [-0.1, -0.05) is 12.2 Å². The molecule has 2 N–H and O–H groups in total. The van der Waals surface area contributed by atoms with Crippen LogP contribution >= 0.6 is 23.6 Å². The summed E-state index contributed by atoms with van der Waals surface area (Å²) in [6.45, 7) is 1.49. The van der Waals surface area contributed by atoms with Gasteiger partial charge in [-0.2, -0.15) is 4.31 Å². The number of ether oxygens (including phenoxy) is 1. The van der Waals surface area contributed by atoms with Gasteiger partial charge in [0.1, 0.15) is 9.20 Å². The number of rotatable bonds is 8. The molecule has 1 aromatic rings. The molecule has 0 aliphatic heterocycles. The van der Waals surface area contributed by atoms with Gasteiger partial charge in [0, 0.05) is 20.2 Å². The van der Waals surface area contributed by atoms with Crippen LogP contribution < -0.4 is 5.73 Å². The highest BCUT2D eigenvalue weighted by Crippen LogP contribution is 2.28. The Morgan fingerprint density at radius 3 is 2.80 bits per heavy atom. The summed E-state index contributed by atoms with van der Waals surface area (Å²) in [6, 6.07) is 3.17. The molecule has 1 fully saturated rings. The third-order valence-electron chi connectivity index (χ3n) is 3.09. The Bertz CT molecular complexity index is 579. The van der Waals surface area contributed by atoms with Crippen molar-refractivity contribution in [2.75, 3.05) is 26.8 Å². The topological polar surface area (TPSA) is 72.6 Å². The van der Waals surface area contributed by atoms with Crippen molar-refractivity contribution in [3.63, 3.8) is 0 Å². The summed E-state index contributed by atoms with van der Waals surface area (Å²) in [5.74, 6) is 0.683. The van der Waals surface area contributed by atoms with Gasteiger partial charge in [0.25, 0.3) is 10.0 Å². The molecule has 0 aromatic carbocycles. The first-order chi connectivity index (χ1) is 9.41. The fourth-order valence-electron chi connectivity index (χ4n) is 1.59. The minimum Gasteiger partial charge on any atom is -0.389 e. The minimum atomic E-state index is -3.48. The summed E-state index contributed by atoms with van der Waals surface area (Å²) in [5.41, 5.74) is 5.49. The molecule has 0 radical (unpaired) electrons. The lowest BCUT2D eigenvalue weighted by atomic mass is 10.5. The number of nitrogens with two attached hydrogens (primary N) is 1. The van der Waals surface area contributed by atoms with Crippen LogP contribution in [-0.4, -0.2) is 44.5 Å². The van der Waals surface area contributed by atoms with Gasteiger partial charge in [0.2, 0.25) is 0 Å². The second-order valence-electron chi connectivity index (χ2n) is 4.83. The Morgan fingerprint density at radius 1 is 1.55 bits per heavy atom. The van der Waals surface area contributed by atoms with Gasteiger partial charge in [-0.25, -0.2) is 8.42 Å². The molecular weight excluding hydrogens is 316 g/mol. The van der Waals surface area contributed by atoms with E-state index < -0.39 is 10.0 Å². The van der Waals surface area contributed by atoms with Crippen LogP contribution in [0.2, 0.25) is 0 Å². The van der Waals surface area contributed by atoms with E-state index in [1.54, 1.807) is 13.1 Å². The molecule has 20 heavy (non-hydrogen) atoms. The third-order valence-corrected chi connectivity index (χ3v) is 6.88. The molecule has 0 spiro atoms. The van der Waals surface area contributed by atoms with Crippen LogP contribution in [0.15, 0.2) is 16.3 Å². The van der Waals surface area contributed by atoms with Gasteiger partial charge >= 0.3 is 0 Å². The molecule has 2 rings (SSSR count). The van der Waals surface area contributed by atoms with Crippen molar-refractivity contribution in [2.24, 2.45) is 11.7 Å². The summed E-state index contributed by atoms with van der Waals surface area (Å²) < 4.78 is 31.6. The Labute approximate surface area is 128 Å². The fourth-order valence-corrected chi connectivity index (χ4v) is 4.31. The number of thiophene rings is 1. The zero-order valence-corrected chi connectivity index (χ0v) is 13.7. The molecule has 0 amide bonds. The molecule has 0 atom stereocenters. The lowest BCUT2D eigenvalue weighted by Gasteiger charge is -2.15. The molecule has 0 unspecified atom stereocenters. The molecule has 5 nitrogen and oxygen atoms in total. The molecule has 1 saturated carbocycles. The smallest absolute Gasteiger partial charge is 0.252 e. The molecule has 1 aliphatic carbocycles. The minimum absolute atomic E-state index is 0.215. The molecular formula is C12H18N2O3S3. The highest BCUT2D eigenvalue weighted by atomic mass is 32.2. The quantitative estimate of drug-likeness (QED) is 0.575. The number of nitrogens with zero attached hydrogens (tertiary/aromatic N) is 1. The van der Waals surface area contributed by atoms with E-state index >= 15 is 0 Å². The van der Waals surface area contributed by atoms with Crippen molar-refractivity contribution >= 4 is 38.6 Å². The summed E-state index contributed by atoms with van der Waals surface area (Å²) in [4.78, 5) is 0.823. The van der Waals surface area contributed by atoms with Gasteiger partial charge in [-0.3, -0.25) is 0 Å². The number of hydrogen-bond acceptors (Lipinski definition) is 5. The second kappa shape index (κ2) is 6.48. The Kier molecular flexibility index (Phi) is 5.14. The van der Waals surface area contributed by atoms with E-state index in [4.69, 9.17) is 22.7 Å². The SMILES string of the molecule is CN(CCOCC1CC1)S(=O)(=O)c1ccc(C(N)=S)s1. The first-order valence-electron chi connectivity index (χ1n) is 6.35. The second-order valence-corrected chi connectivity index (χ2v) is 8.62. The van der Waals surface area contributed by atoms with Gasteiger partial charge in [0.15, 0.2) is 0 Å². The maximum atomic E-state index is 12.3. The average Bonchev–Trinajstić information content (AvgIpc) is 3.06. The molecule has 112 valence electrons. The van der Waals surface area contributed by atoms with Crippen molar-refractivity contribution in [3.8, 4) is 0 Å². The Hall–Kier alpha value is -0.540. The summed E-state index contributed by atoms with van der Waals surface area (Å²) in [5, 5.41) is 0. The highest BCUT2D eigenvalue weighted by Gasteiger charge is 2.24. The maximum Gasteiger partial charge on any atom is 0.252 e. The lowest BCUT2D eigenvalue weighted by Crippen LogP contribution is -2.30. The Balaban J connectivity index is 1.91. The van der Waals surface area contributed by atoms with E-state index in [1.807, 2.05) is 0 Å². The van der Waals surface area contributed by atoms with E-state index in [0.29, 0.717) is 23.9 Å². The van der Waals surface area contributed by atoms with Gasteiger partial charge in [0.05, 0.1) is 11.5 Å². The summed E-state index contributed by atoms with van der Waals surface area (Å²) in [6.07, 6.45) is 2.45. The first-order valence-corrected chi connectivity index (χ1v) is 9.01. The molecule has 0 saturated heterocycles. The van der Waals surface area contributed by atoms with Gasteiger partial charge in [-0.15, -0.1) is 11.3 Å². The molecule has 0 bridgehead atoms. The number of sulfonamides is 1. The van der Waals surface area contributed by atoms with Crippen molar-refractivity contribution in [3.05, 3.63) is 17.0 Å². The van der Waals surface area contributed by atoms with Gasteiger partial charge < -0.3 is 10.5 Å². The zero-order valence-electron chi connectivity index (χ0n) is 11.2. The number of thiocarbonyl (C=S) groups is 1. The highest BCUT2D eigenvalue weighted by molar-refractivity contribution is 7.91. The predicted octanol–water partition coefficient (Wildman–Crippen LogP) is 1.43. The predicted molar refractivity (Wildman–Crippen MR) is 83.6 cm³/mol. The number of hydrogen-bond donors (Lipinski definition) is 1. The standard InChI is InChI=1S/C12H18N2O3S3/c1-14(6-7-17-8-9-2-3-9)20(15,16)11-5-4-10(19-11)12(13)18/h4-5,9H,2-3,6-8H2,1H3,(H2,13,18). The average molecular weight is 334 g/mol. The first kappa shape index (κ1) is 15.8. The van der Waals surface area contributed by atoms with Crippen LogP contribution in [-0.2, 0) is 14.8 Å². The largest absolute Gasteiger partial charge is 0.389 e. The van der Waals surface area contributed by atoms with Crippen LogP contribution in [0.4, 0.5) is 0 Å². The molecule has 1 heterocycles. The van der Waals surface area contributed by atoms with E-state index in [-0.39, 0.29) is 9.20 Å². The lowest BCUT2D eigenvalue weighted by molar-refractivity contribution is 0.117. The fraction of sp³-hybridized carbons (Fsp3) is 0.583. The number of likely N-dealkylation sites (N-methyl/N-ethyl adjacent to an activating group) is 1. The monoisotopic (exact) mass is 334 g/mol. The maximum absolute atomic E-state index is 12.3. The van der Waals surface area contributed by atoms with Crippen LogP contribution in [0.3, 0.4) is 0 Å². The van der Waals surface area contributed by atoms with E-state index in [2.05, 4.69) is 0 Å².